The molecule has 1 amide bonds. The standard InChI is InChI=1S/C24H25N3O3.CH4/c1-17-9-7-13-21(18(17)2)25-22-12-6-5-11-20(22)24(29)30-16-27-14-8-10-19(15-27)23(28)26(3)4;/h5-15H,16H2,1-4H3;1H4/p+1. The van der Waals surface area contributed by atoms with Crippen LogP contribution < -0.4 is 9.88 Å². The molecule has 0 radical (unpaired) electrons. The quantitative estimate of drug-likeness (QED) is 0.472. The summed E-state index contributed by atoms with van der Waals surface area (Å²) in [6.45, 7) is 4.09. The van der Waals surface area contributed by atoms with Crippen LogP contribution in [0.15, 0.2) is 67.0 Å². The minimum Gasteiger partial charge on any atom is -0.401 e. The molecule has 0 fully saturated rings. The average molecular weight is 421 g/mol. The fraction of sp³-hybridized carbons (Fsp3) is 0.240. The Morgan fingerprint density at radius 1 is 0.968 bits per heavy atom. The van der Waals surface area contributed by atoms with Crippen LogP contribution in [-0.2, 0) is 11.5 Å². The van der Waals surface area contributed by atoms with E-state index in [4.69, 9.17) is 4.74 Å². The molecule has 31 heavy (non-hydrogen) atoms. The van der Waals surface area contributed by atoms with Gasteiger partial charge in [0, 0.05) is 25.8 Å². The van der Waals surface area contributed by atoms with E-state index < -0.39 is 5.97 Å². The largest absolute Gasteiger partial charge is 0.401 e. The van der Waals surface area contributed by atoms with Crippen molar-refractivity contribution in [2.75, 3.05) is 19.4 Å². The third-order valence-electron chi connectivity index (χ3n) is 4.88. The summed E-state index contributed by atoms with van der Waals surface area (Å²) in [5.41, 5.74) is 4.88. The minimum atomic E-state index is -0.444. The Hall–Kier alpha value is -3.67. The summed E-state index contributed by atoms with van der Waals surface area (Å²) in [6, 6.07) is 16.7. The number of pyridine rings is 1. The number of aromatic nitrogens is 1. The smallest absolute Gasteiger partial charge is 0.345 e. The van der Waals surface area contributed by atoms with Gasteiger partial charge in [-0.1, -0.05) is 31.7 Å². The van der Waals surface area contributed by atoms with Crippen LogP contribution in [0, 0.1) is 13.8 Å². The van der Waals surface area contributed by atoms with Gasteiger partial charge in [0.05, 0.1) is 11.3 Å². The maximum absolute atomic E-state index is 12.8. The molecule has 2 aromatic carbocycles. The van der Waals surface area contributed by atoms with Crippen LogP contribution in [0.25, 0.3) is 0 Å². The molecule has 0 unspecified atom stereocenters. The van der Waals surface area contributed by atoms with Gasteiger partial charge in [0.2, 0.25) is 0 Å². The highest BCUT2D eigenvalue weighted by atomic mass is 16.5. The number of amides is 1. The van der Waals surface area contributed by atoms with Crippen molar-refractivity contribution in [3.8, 4) is 0 Å². The second kappa shape index (κ2) is 10.4. The summed E-state index contributed by atoms with van der Waals surface area (Å²) in [7, 11) is 3.39. The molecule has 0 saturated carbocycles. The van der Waals surface area contributed by atoms with Crippen molar-refractivity contribution in [2.45, 2.75) is 28.0 Å². The van der Waals surface area contributed by atoms with Crippen LogP contribution in [0.5, 0.6) is 0 Å². The first-order valence-electron chi connectivity index (χ1n) is 9.67. The molecule has 1 aromatic heterocycles. The van der Waals surface area contributed by atoms with Gasteiger partial charge in [0.15, 0.2) is 12.4 Å². The van der Waals surface area contributed by atoms with Crippen LogP contribution in [0.3, 0.4) is 0 Å². The Morgan fingerprint density at radius 2 is 1.68 bits per heavy atom. The number of ether oxygens (including phenoxy) is 1. The zero-order valence-electron chi connectivity index (χ0n) is 17.7. The van der Waals surface area contributed by atoms with Crippen molar-refractivity contribution in [3.05, 3.63) is 89.2 Å². The molecule has 0 aliphatic rings. The van der Waals surface area contributed by atoms with Crippen molar-refractivity contribution >= 4 is 23.3 Å². The Balaban J connectivity index is 0.00000341. The van der Waals surface area contributed by atoms with Crippen molar-refractivity contribution in [1.82, 2.24) is 4.90 Å². The topological polar surface area (TPSA) is 62.5 Å². The summed E-state index contributed by atoms with van der Waals surface area (Å²) < 4.78 is 7.16. The number of para-hydroxylation sites is 1. The predicted molar refractivity (Wildman–Crippen MR) is 122 cm³/mol. The number of hydrogen-bond donors (Lipinski definition) is 1. The number of rotatable bonds is 6. The number of nitrogens with zero attached hydrogens (tertiary/aromatic N) is 2. The molecule has 162 valence electrons. The molecule has 6 heteroatoms. The van der Waals surface area contributed by atoms with Gasteiger partial charge in [-0.05, 0) is 49.2 Å². The zero-order chi connectivity index (χ0) is 21.7. The summed E-state index contributed by atoms with van der Waals surface area (Å²) in [5, 5.41) is 3.34. The zero-order valence-corrected chi connectivity index (χ0v) is 17.7. The van der Waals surface area contributed by atoms with Crippen molar-refractivity contribution < 1.29 is 18.9 Å². The van der Waals surface area contributed by atoms with Gasteiger partial charge in [-0.25, -0.2) is 4.79 Å². The molecule has 0 saturated heterocycles. The monoisotopic (exact) mass is 420 g/mol. The Morgan fingerprint density at radius 3 is 2.42 bits per heavy atom. The van der Waals surface area contributed by atoms with E-state index in [0.29, 0.717) is 16.8 Å². The summed E-state index contributed by atoms with van der Waals surface area (Å²) >= 11 is 0. The van der Waals surface area contributed by atoms with E-state index in [-0.39, 0.29) is 20.1 Å². The number of hydrogen-bond acceptors (Lipinski definition) is 4. The maximum atomic E-state index is 12.8. The van der Waals surface area contributed by atoms with E-state index >= 15 is 0 Å². The van der Waals surface area contributed by atoms with Crippen molar-refractivity contribution in [1.29, 1.82) is 0 Å². The number of benzene rings is 2. The van der Waals surface area contributed by atoms with Gasteiger partial charge < -0.3 is 15.0 Å². The number of esters is 1. The summed E-state index contributed by atoms with van der Waals surface area (Å²) in [6.07, 6.45) is 3.41. The molecular formula is C25H30N3O3+. The van der Waals surface area contributed by atoms with E-state index in [2.05, 4.69) is 5.32 Å². The van der Waals surface area contributed by atoms with Crippen molar-refractivity contribution in [2.24, 2.45) is 0 Å². The minimum absolute atomic E-state index is 0. The first-order chi connectivity index (χ1) is 14.4. The van der Waals surface area contributed by atoms with Gasteiger partial charge in [0.1, 0.15) is 5.56 Å². The van der Waals surface area contributed by atoms with E-state index in [9.17, 15) is 9.59 Å². The van der Waals surface area contributed by atoms with Crippen molar-refractivity contribution in [3.63, 3.8) is 0 Å². The van der Waals surface area contributed by atoms with E-state index in [1.165, 1.54) is 10.5 Å². The van der Waals surface area contributed by atoms with Crippen LogP contribution >= 0.6 is 0 Å². The van der Waals surface area contributed by atoms with Gasteiger partial charge in [0.25, 0.3) is 12.6 Å². The number of carbonyl (C=O) groups excluding carboxylic acids is 2. The van der Waals surface area contributed by atoms with Crippen LogP contribution in [0.1, 0.15) is 39.3 Å². The number of aryl methyl sites for hydroxylation is 1. The van der Waals surface area contributed by atoms with Gasteiger partial charge >= 0.3 is 5.97 Å². The molecule has 3 rings (SSSR count). The summed E-state index contributed by atoms with van der Waals surface area (Å²) in [4.78, 5) is 26.4. The molecule has 0 spiro atoms. The normalized spacial score (nSPS) is 10.1. The molecule has 1 N–H and O–H groups in total. The second-order valence-electron chi connectivity index (χ2n) is 7.29. The molecule has 1 heterocycles. The highest BCUT2D eigenvalue weighted by molar-refractivity contribution is 5.96. The molecule has 0 bridgehead atoms. The summed E-state index contributed by atoms with van der Waals surface area (Å²) in [5.74, 6) is -0.556. The number of carbonyl (C=O) groups is 2. The van der Waals surface area contributed by atoms with Crippen LogP contribution in [0.2, 0.25) is 0 Å². The lowest BCUT2D eigenvalue weighted by atomic mass is 10.1. The Bertz CT molecular complexity index is 1080. The fourth-order valence-electron chi connectivity index (χ4n) is 3.00. The lowest BCUT2D eigenvalue weighted by Gasteiger charge is -2.14. The highest BCUT2D eigenvalue weighted by Crippen LogP contribution is 2.25. The van der Waals surface area contributed by atoms with Crippen LogP contribution in [-0.4, -0.2) is 30.9 Å². The molecule has 0 atom stereocenters. The predicted octanol–water partition coefficient (Wildman–Crippen LogP) is 4.49. The third-order valence-corrected chi connectivity index (χ3v) is 4.88. The first-order valence-corrected chi connectivity index (χ1v) is 9.67. The van der Waals surface area contributed by atoms with Crippen LogP contribution in [0.4, 0.5) is 11.4 Å². The maximum Gasteiger partial charge on any atom is 0.345 e. The lowest BCUT2D eigenvalue weighted by Crippen LogP contribution is -2.37. The fourth-order valence-corrected chi connectivity index (χ4v) is 3.00. The van der Waals surface area contributed by atoms with E-state index in [1.807, 2.05) is 44.2 Å². The lowest BCUT2D eigenvalue weighted by molar-refractivity contribution is -0.727. The number of nitrogens with one attached hydrogen (secondary N) is 1. The number of anilines is 2. The van der Waals surface area contributed by atoms with Gasteiger partial charge in [-0.15, -0.1) is 0 Å². The van der Waals surface area contributed by atoms with Gasteiger partial charge in [-0.2, -0.15) is 4.57 Å². The first kappa shape index (κ1) is 23.6. The molecule has 0 aliphatic carbocycles. The second-order valence-corrected chi connectivity index (χ2v) is 7.29. The third kappa shape index (κ3) is 5.69. The van der Waals surface area contributed by atoms with Gasteiger partial charge in [-0.3, -0.25) is 4.79 Å². The Kier molecular flexibility index (Phi) is 7.91. The SMILES string of the molecule is C.Cc1cccc(Nc2ccccc2C(=O)OC[n+]2cccc(C(=O)N(C)C)c2)c1C. The van der Waals surface area contributed by atoms with E-state index in [0.717, 1.165) is 11.3 Å². The molecular weight excluding hydrogens is 390 g/mol. The molecule has 3 aromatic rings. The molecule has 0 aliphatic heterocycles. The highest BCUT2D eigenvalue weighted by Gasteiger charge is 2.17. The Labute approximate surface area is 184 Å². The van der Waals surface area contributed by atoms with E-state index in [1.54, 1.807) is 55.3 Å². The average Bonchev–Trinajstić information content (AvgIpc) is 2.75. The molecule has 6 nitrogen and oxygen atoms in total.